The summed E-state index contributed by atoms with van der Waals surface area (Å²) in [4.78, 5) is 4.28. The molecule has 0 N–H and O–H groups in total. The third-order valence-electron chi connectivity index (χ3n) is 1.96. The summed E-state index contributed by atoms with van der Waals surface area (Å²) in [5, 5.41) is 0. The summed E-state index contributed by atoms with van der Waals surface area (Å²) < 4.78 is 2.00. The van der Waals surface area contributed by atoms with Crippen molar-refractivity contribution in [3.05, 3.63) is 29.6 Å². The van der Waals surface area contributed by atoms with Crippen molar-refractivity contribution in [1.82, 2.24) is 9.29 Å². The van der Waals surface area contributed by atoms with E-state index >= 15 is 0 Å². The molecule has 0 fully saturated rings. The topological polar surface area (TPSA) is 16.1 Å². The van der Waals surface area contributed by atoms with E-state index in [1.807, 2.05) is 16.6 Å². The van der Waals surface area contributed by atoms with E-state index in [-0.39, 0.29) is 0 Å². The number of hydrogen-bond acceptors (Lipinski definition) is 3. The predicted molar refractivity (Wildman–Crippen MR) is 47.3 cm³/mol. The molecule has 58 valence electrons. The van der Waals surface area contributed by atoms with E-state index in [9.17, 15) is 0 Å². The van der Waals surface area contributed by atoms with Gasteiger partial charge >= 0.3 is 0 Å². The van der Waals surface area contributed by atoms with Crippen LogP contribution in [0.4, 0.5) is 0 Å². The van der Waals surface area contributed by atoms with Crippen molar-refractivity contribution in [2.24, 2.45) is 0 Å². The molecule has 0 atom stereocenters. The maximum atomic E-state index is 4.28. The van der Waals surface area contributed by atoms with Crippen LogP contribution < -0.4 is 0 Å². The first-order valence-electron chi connectivity index (χ1n) is 3.73. The standard InChI is InChI=1S/C8H10N2S/c11-10-5-3-7-2-1-4-9-8(7)6-10/h1-2,4,11H,3,5-6H2. The summed E-state index contributed by atoms with van der Waals surface area (Å²) in [7, 11) is 0. The highest BCUT2D eigenvalue weighted by atomic mass is 32.1. The van der Waals surface area contributed by atoms with Gasteiger partial charge in [0.05, 0.1) is 12.2 Å². The van der Waals surface area contributed by atoms with Crippen molar-refractivity contribution >= 4 is 12.8 Å². The monoisotopic (exact) mass is 166 g/mol. The maximum absolute atomic E-state index is 4.28. The van der Waals surface area contributed by atoms with Crippen LogP contribution in [0.15, 0.2) is 18.3 Å². The van der Waals surface area contributed by atoms with E-state index < -0.39 is 0 Å². The Morgan fingerprint density at radius 3 is 3.36 bits per heavy atom. The van der Waals surface area contributed by atoms with Crippen LogP contribution in [0.2, 0.25) is 0 Å². The summed E-state index contributed by atoms with van der Waals surface area (Å²) in [6, 6.07) is 4.14. The van der Waals surface area contributed by atoms with Gasteiger partial charge < -0.3 is 0 Å². The van der Waals surface area contributed by atoms with Crippen LogP contribution in [-0.2, 0) is 13.0 Å². The van der Waals surface area contributed by atoms with Gasteiger partial charge in [-0.05, 0) is 18.1 Å². The molecule has 0 unspecified atom stereocenters. The van der Waals surface area contributed by atoms with Gasteiger partial charge in [-0.2, -0.15) is 0 Å². The molecule has 1 aromatic heterocycles. The second-order valence-corrected chi connectivity index (χ2v) is 3.31. The summed E-state index contributed by atoms with van der Waals surface area (Å²) in [6.07, 6.45) is 2.92. The van der Waals surface area contributed by atoms with Crippen LogP contribution >= 0.6 is 12.8 Å². The zero-order valence-corrected chi connectivity index (χ0v) is 7.09. The van der Waals surface area contributed by atoms with Gasteiger partial charge in [0.25, 0.3) is 0 Å². The molecular formula is C8H10N2S. The Morgan fingerprint density at radius 2 is 2.45 bits per heavy atom. The van der Waals surface area contributed by atoms with Gasteiger partial charge in [0.15, 0.2) is 0 Å². The third kappa shape index (κ3) is 1.39. The first kappa shape index (κ1) is 7.13. The van der Waals surface area contributed by atoms with Crippen LogP contribution in [0.25, 0.3) is 0 Å². The zero-order valence-electron chi connectivity index (χ0n) is 6.20. The minimum Gasteiger partial charge on any atom is -0.260 e. The molecule has 0 saturated carbocycles. The van der Waals surface area contributed by atoms with Crippen molar-refractivity contribution in [3.63, 3.8) is 0 Å². The molecule has 1 aromatic rings. The molecular weight excluding hydrogens is 156 g/mol. The van der Waals surface area contributed by atoms with Gasteiger partial charge in [-0.3, -0.25) is 4.98 Å². The van der Waals surface area contributed by atoms with Crippen LogP contribution in [0.5, 0.6) is 0 Å². The number of pyridine rings is 1. The van der Waals surface area contributed by atoms with Crippen molar-refractivity contribution in [1.29, 1.82) is 0 Å². The molecule has 0 bridgehead atoms. The molecule has 2 heterocycles. The summed E-state index contributed by atoms with van der Waals surface area (Å²) in [6.45, 7) is 1.90. The average molecular weight is 166 g/mol. The van der Waals surface area contributed by atoms with E-state index in [1.165, 1.54) is 11.3 Å². The van der Waals surface area contributed by atoms with E-state index in [2.05, 4.69) is 23.9 Å². The van der Waals surface area contributed by atoms with Crippen molar-refractivity contribution in [2.45, 2.75) is 13.0 Å². The molecule has 1 aliphatic rings. The number of nitrogens with zero attached hydrogens (tertiary/aromatic N) is 2. The zero-order chi connectivity index (χ0) is 7.68. The van der Waals surface area contributed by atoms with Crippen molar-refractivity contribution in [3.8, 4) is 0 Å². The Kier molecular flexibility index (Phi) is 1.84. The predicted octanol–water partition coefficient (Wildman–Crippen LogP) is 1.28. The highest BCUT2D eigenvalue weighted by Crippen LogP contribution is 2.16. The highest BCUT2D eigenvalue weighted by Gasteiger charge is 2.13. The molecule has 0 aliphatic carbocycles. The highest BCUT2D eigenvalue weighted by molar-refractivity contribution is 7.77. The number of hydrogen-bond donors (Lipinski definition) is 1. The van der Waals surface area contributed by atoms with Crippen LogP contribution in [-0.4, -0.2) is 15.8 Å². The third-order valence-corrected chi connectivity index (χ3v) is 2.30. The molecule has 2 rings (SSSR count). The van der Waals surface area contributed by atoms with Gasteiger partial charge in [0.1, 0.15) is 0 Å². The minimum absolute atomic E-state index is 0.874. The second-order valence-electron chi connectivity index (χ2n) is 2.75. The molecule has 11 heavy (non-hydrogen) atoms. The number of thiol groups is 1. The maximum Gasteiger partial charge on any atom is 0.0585 e. The lowest BCUT2D eigenvalue weighted by molar-refractivity contribution is 0.441. The average Bonchev–Trinajstić information content (AvgIpc) is 2.04. The van der Waals surface area contributed by atoms with Crippen LogP contribution in [0.3, 0.4) is 0 Å². The van der Waals surface area contributed by atoms with Crippen molar-refractivity contribution in [2.75, 3.05) is 6.54 Å². The molecule has 1 aliphatic heterocycles. The van der Waals surface area contributed by atoms with Gasteiger partial charge in [-0.25, -0.2) is 4.31 Å². The number of aromatic nitrogens is 1. The smallest absolute Gasteiger partial charge is 0.0585 e. The molecule has 0 saturated heterocycles. The second kappa shape index (κ2) is 2.83. The van der Waals surface area contributed by atoms with Gasteiger partial charge in [0.2, 0.25) is 0 Å². The van der Waals surface area contributed by atoms with Crippen LogP contribution in [0.1, 0.15) is 11.3 Å². The Morgan fingerprint density at radius 1 is 1.55 bits per heavy atom. The molecule has 2 nitrogen and oxygen atoms in total. The molecule has 0 aromatic carbocycles. The lowest BCUT2D eigenvalue weighted by Gasteiger charge is -2.22. The SMILES string of the molecule is SN1CCc2cccnc2C1. The lowest BCUT2D eigenvalue weighted by Crippen LogP contribution is -2.23. The Balaban J connectivity index is 2.34. The van der Waals surface area contributed by atoms with Gasteiger partial charge in [0, 0.05) is 12.7 Å². The van der Waals surface area contributed by atoms with Gasteiger partial charge in [-0.15, -0.1) is 0 Å². The summed E-state index contributed by atoms with van der Waals surface area (Å²) in [5.74, 6) is 0. The first-order valence-corrected chi connectivity index (χ1v) is 4.13. The molecule has 3 heteroatoms. The quantitative estimate of drug-likeness (QED) is 0.584. The molecule has 0 amide bonds. The number of fused-ring (bicyclic) bond motifs is 1. The van der Waals surface area contributed by atoms with E-state index in [0.29, 0.717) is 0 Å². The molecule has 0 radical (unpaired) electrons. The minimum atomic E-state index is 0.874. The fraction of sp³-hybridized carbons (Fsp3) is 0.375. The largest absolute Gasteiger partial charge is 0.260 e. The van der Waals surface area contributed by atoms with E-state index in [4.69, 9.17) is 0 Å². The molecule has 0 spiro atoms. The van der Waals surface area contributed by atoms with E-state index in [1.54, 1.807) is 0 Å². The lowest BCUT2D eigenvalue weighted by atomic mass is 10.1. The number of rotatable bonds is 0. The normalized spacial score (nSPS) is 17.9. The summed E-state index contributed by atoms with van der Waals surface area (Å²) in [5.41, 5.74) is 2.55. The van der Waals surface area contributed by atoms with Crippen molar-refractivity contribution < 1.29 is 0 Å². The fourth-order valence-corrected chi connectivity index (χ4v) is 1.58. The first-order chi connectivity index (χ1) is 5.36. The summed E-state index contributed by atoms with van der Waals surface area (Å²) >= 11 is 4.28. The van der Waals surface area contributed by atoms with E-state index in [0.717, 1.165) is 19.5 Å². The fourth-order valence-electron chi connectivity index (χ4n) is 1.34. The Labute approximate surface area is 71.8 Å². The van der Waals surface area contributed by atoms with Crippen LogP contribution in [0, 0.1) is 0 Å². The van der Waals surface area contributed by atoms with Gasteiger partial charge in [-0.1, -0.05) is 18.9 Å². The Hall–Kier alpha value is -0.540. The Bertz CT molecular complexity index is 262.